The molecular weight excluding hydrogens is 438 g/mol. The SMILES string of the molecule is Cc1cccc(NC(=O)c2nn(-c3ccccc3[N+](=O)[O-])c(C)cc2=O)c1C(=O)N1CCCC1. The third kappa shape index (κ3) is 4.29. The smallest absolute Gasteiger partial charge is 0.294 e. The number of nitrogens with one attached hydrogen (secondary N) is 1. The van der Waals surface area contributed by atoms with Crippen molar-refractivity contribution in [2.45, 2.75) is 26.7 Å². The molecule has 1 saturated heterocycles. The van der Waals surface area contributed by atoms with Gasteiger partial charge in [-0.2, -0.15) is 5.10 Å². The highest BCUT2D eigenvalue weighted by molar-refractivity contribution is 6.08. The van der Waals surface area contributed by atoms with Gasteiger partial charge in [-0.3, -0.25) is 24.5 Å². The lowest BCUT2D eigenvalue weighted by Crippen LogP contribution is -2.31. The maximum Gasteiger partial charge on any atom is 0.294 e. The maximum absolute atomic E-state index is 13.1. The number of para-hydroxylation sites is 2. The molecule has 2 heterocycles. The molecule has 4 rings (SSSR count). The Morgan fingerprint density at radius 3 is 2.47 bits per heavy atom. The first-order valence-electron chi connectivity index (χ1n) is 10.8. The molecule has 0 saturated carbocycles. The number of carbonyl (C=O) groups excluding carboxylic acids is 2. The van der Waals surface area contributed by atoms with Crippen molar-refractivity contribution in [3.63, 3.8) is 0 Å². The van der Waals surface area contributed by atoms with Crippen molar-refractivity contribution in [3.05, 3.63) is 91.4 Å². The number of carbonyl (C=O) groups is 2. The number of amides is 2. The predicted octanol–water partition coefficient (Wildman–Crippen LogP) is 3.25. The zero-order valence-electron chi connectivity index (χ0n) is 18.8. The molecule has 0 radical (unpaired) electrons. The van der Waals surface area contributed by atoms with Gasteiger partial charge in [-0.15, -0.1) is 0 Å². The highest BCUT2D eigenvalue weighted by Gasteiger charge is 2.26. The van der Waals surface area contributed by atoms with Crippen LogP contribution in [0, 0.1) is 24.0 Å². The van der Waals surface area contributed by atoms with Gasteiger partial charge in [-0.25, -0.2) is 4.68 Å². The minimum atomic E-state index is -0.807. The van der Waals surface area contributed by atoms with Crippen LogP contribution in [0.15, 0.2) is 53.3 Å². The average Bonchev–Trinajstić information content (AvgIpc) is 3.34. The first-order valence-corrected chi connectivity index (χ1v) is 10.8. The van der Waals surface area contributed by atoms with E-state index >= 15 is 0 Å². The minimum Gasteiger partial charge on any atom is -0.339 e. The van der Waals surface area contributed by atoms with E-state index in [0.717, 1.165) is 12.8 Å². The molecule has 2 aromatic carbocycles. The van der Waals surface area contributed by atoms with E-state index < -0.39 is 22.0 Å². The summed E-state index contributed by atoms with van der Waals surface area (Å²) in [4.78, 5) is 51.5. The molecule has 10 heteroatoms. The molecule has 0 spiro atoms. The third-order valence-corrected chi connectivity index (χ3v) is 5.76. The van der Waals surface area contributed by atoms with Crippen molar-refractivity contribution in [3.8, 4) is 5.69 Å². The van der Waals surface area contributed by atoms with Gasteiger partial charge in [0.25, 0.3) is 17.5 Å². The summed E-state index contributed by atoms with van der Waals surface area (Å²) in [5.74, 6) is -0.988. The van der Waals surface area contributed by atoms with Crippen LogP contribution in [0.3, 0.4) is 0 Å². The molecule has 3 aromatic rings. The van der Waals surface area contributed by atoms with E-state index in [0.29, 0.717) is 29.9 Å². The Morgan fingerprint density at radius 1 is 1.06 bits per heavy atom. The van der Waals surface area contributed by atoms with Gasteiger partial charge in [-0.05, 0) is 44.4 Å². The van der Waals surface area contributed by atoms with Crippen molar-refractivity contribution in [1.29, 1.82) is 0 Å². The first kappa shape index (κ1) is 22.8. The molecule has 2 amide bonds. The number of nitrogens with zero attached hydrogens (tertiary/aromatic N) is 4. The summed E-state index contributed by atoms with van der Waals surface area (Å²) in [6, 6.07) is 12.2. The molecule has 1 fully saturated rings. The molecule has 0 bridgehead atoms. The van der Waals surface area contributed by atoms with Crippen LogP contribution < -0.4 is 10.7 Å². The molecule has 174 valence electrons. The fourth-order valence-electron chi connectivity index (χ4n) is 4.06. The maximum atomic E-state index is 13.1. The van der Waals surface area contributed by atoms with Crippen LogP contribution in [0.2, 0.25) is 0 Å². The van der Waals surface area contributed by atoms with Crippen LogP contribution in [-0.4, -0.2) is 44.5 Å². The van der Waals surface area contributed by atoms with Crippen molar-refractivity contribution < 1.29 is 14.5 Å². The third-order valence-electron chi connectivity index (χ3n) is 5.76. The second-order valence-electron chi connectivity index (χ2n) is 8.11. The van der Waals surface area contributed by atoms with Gasteiger partial charge < -0.3 is 10.2 Å². The molecule has 1 aliphatic heterocycles. The van der Waals surface area contributed by atoms with E-state index in [1.807, 2.05) is 0 Å². The largest absolute Gasteiger partial charge is 0.339 e. The van der Waals surface area contributed by atoms with Crippen molar-refractivity contribution in [2.75, 3.05) is 18.4 Å². The normalized spacial score (nSPS) is 13.1. The quantitative estimate of drug-likeness (QED) is 0.459. The van der Waals surface area contributed by atoms with E-state index in [1.165, 1.54) is 28.9 Å². The van der Waals surface area contributed by atoms with Gasteiger partial charge in [0.15, 0.2) is 5.69 Å². The van der Waals surface area contributed by atoms with Gasteiger partial charge in [-0.1, -0.05) is 24.3 Å². The Labute approximate surface area is 195 Å². The lowest BCUT2D eigenvalue weighted by Gasteiger charge is -2.19. The molecular formula is C24H23N5O5. The second-order valence-corrected chi connectivity index (χ2v) is 8.11. The first-order chi connectivity index (χ1) is 16.3. The minimum absolute atomic E-state index is 0.125. The molecule has 1 N–H and O–H groups in total. The van der Waals surface area contributed by atoms with Crippen LogP contribution in [0.4, 0.5) is 11.4 Å². The fourth-order valence-corrected chi connectivity index (χ4v) is 4.06. The number of likely N-dealkylation sites (tertiary alicyclic amines) is 1. The number of nitro groups is 1. The molecule has 10 nitrogen and oxygen atoms in total. The van der Waals surface area contributed by atoms with Crippen LogP contribution in [-0.2, 0) is 0 Å². The van der Waals surface area contributed by atoms with Gasteiger partial charge in [0.1, 0.15) is 5.69 Å². The number of aryl methyl sites for hydroxylation is 2. The molecule has 0 unspecified atom stereocenters. The van der Waals surface area contributed by atoms with Crippen molar-refractivity contribution in [1.82, 2.24) is 14.7 Å². The summed E-state index contributed by atoms with van der Waals surface area (Å²) in [5, 5.41) is 18.3. The summed E-state index contributed by atoms with van der Waals surface area (Å²) >= 11 is 0. The number of rotatable bonds is 5. The fraction of sp³-hybridized carbons (Fsp3) is 0.250. The number of nitro benzene ring substituents is 1. The number of anilines is 1. The van der Waals surface area contributed by atoms with Crippen LogP contribution in [0.1, 0.15) is 44.9 Å². The molecule has 1 aliphatic rings. The lowest BCUT2D eigenvalue weighted by atomic mass is 10.0. The Morgan fingerprint density at radius 2 is 1.76 bits per heavy atom. The second kappa shape index (κ2) is 9.26. The molecule has 0 atom stereocenters. The van der Waals surface area contributed by atoms with Gasteiger partial charge in [0.05, 0.1) is 16.2 Å². The van der Waals surface area contributed by atoms with E-state index in [2.05, 4.69) is 10.4 Å². The number of hydrogen-bond donors (Lipinski definition) is 1. The lowest BCUT2D eigenvalue weighted by molar-refractivity contribution is -0.384. The monoisotopic (exact) mass is 461 g/mol. The summed E-state index contributed by atoms with van der Waals surface area (Å²) in [6.45, 7) is 4.66. The summed E-state index contributed by atoms with van der Waals surface area (Å²) in [5.41, 5.74) is 0.504. The topological polar surface area (TPSA) is 127 Å². The summed E-state index contributed by atoms with van der Waals surface area (Å²) < 4.78 is 1.20. The van der Waals surface area contributed by atoms with Crippen LogP contribution in [0.5, 0.6) is 0 Å². The highest BCUT2D eigenvalue weighted by atomic mass is 16.6. The van der Waals surface area contributed by atoms with Crippen LogP contribution >= 0.6 is 0 Å². The van der Waals surface area contributed by atoms with Gasteiger partial charge in [0.2, 0.25) is 5.43 Å². The number of benzene rings is 2. The average molecular weight is 461 g/mol. The zero-order chi connectivity index (χ0) is 24.4. The molecule has 1 aromatic heterocycles. The number of hydrogen-bond acceptors (Lipinski definition) is 6. The van der Waals surface area contributed by atoms with E-state index in [1.54, 1.807) is 43.0 Å². The Hall–Kier alpha value is -4.34. The Bertz CT molecular complexity index is 1360. The zero-order valence-corrected chi connectivity index (χ0v) is 18.8. The number of aromatic nitrogens is 2. The van der Waals surface area contributed by atoms with E-state index in [4.69, 9.17) is 0 Å². The summed E-state index contributed by atoms with van der Waals surface area (Å²) in [6.07, 6.45) is 1.86. The van der Waals surface area contributed by atoms with Gasteiger partial charge in [0, 0.05) is 30.9 Å². The van der Waals surface area contributed by atoms with Crippen molar-refractivity contribution in [2.24, 2.45) is 0 Å². The Kier molecular flexibility index (Phi) is 6.22. The molecule has 0 aliphatic carbocycles. The van der Waals surface area contributed by atoms with Gasteiger partial charge >= 0.3 is 0 Å². The Balaban J connectivity index is 1.73. The van der Waals surface area contributed by atoms with E-state index in [9.17, 15) is 24.5 Å². The highest BCUT2D eigenvalue weighted by Crippen LogP contribution is 2.25. The van der Waals surface area contributed by atoms with E-state index in [-0.39, 0.29) is 23.0 Å². The summed E-state index contributed by atoms with van der Waals surface area (Å²) in [7, 11) is 0. The molecule has 34 heavy (non-hydrogen) atoms. The standard InChI is InChI=1S/C24H23N5O5/c1-15-8-7-9-17(21(15)24(32)27-12-5-6-13-27)25-23(31)22-20(30)14-16(2)28(26-22)18-10-3-4-11-19(18)29(33)34/h3-4,7-11,14H,5-6,12-13H2,1-2H3,(H,25,31). The van der Waals surface area contributed by atoms with Crippen molar-refractivity contribution >= 4 is 23.2 Å². The van der Waals surface area contributed by atoms with Crippen LogP contribution in [0.25, 0.3) is 5.69 Å². The predicted molar refractivity (Wildman–Crippen MR) is 125 cm³/mol.